The molecule has 2 rings (SSSR count). The highest BCUT2D eigenvalue weighted by Gasteiger charge is 2.26. The predicted molar refractivity (Wildman–Crippen MR) is 97.0 cm³/mol. The molecule has 0 saturated carbocycles. The Morgan fingerprint density at radius 2 is 1.64 bits per heavy atom. The molecule has 0 fully saturated rings. The molecule has 5 nitrogen and oxygen atoms in total. The quantitative estimate of drug-likeness (QED) is 0.721. The van der Waals surface area contributed by atoms with Crippen LogP contribution in [0.25, 0.3) is 0 Å². The average Bonchev–Trinajstić information content (AvgIpc) is 2.63. The van der Waals surface area contributed by atoms with Crippen molar-refractivity contribution < 1.29 is 19.1 Å². The first kappa shape index (κ1) is 18.5. The van der Waals surface area contributed by atoms with Gasteiger partial charge in [0.25, 0.3) is 5.91 Å². The number of likely N-dealkylation sites (N-methyl/N-ethyl adjacent to an activating group) is 1. The highest BCUT2D eigenvalue weighted by atomic mass is 16.5. The van der Waals surface area contributed by atoms with Crippen LogP contribution in [0.15, 0.2) is 54.6 Å². The van der Waals surface area contributed by atoms with Crippen molar-refractivity contribution in [3.05, 3.63) is 60.2 Å². The first-order valence-corrected chi connectivity index (χ1v) is 8.37. The summed E-state index contributed by atoms with van der Waals surface area (Å²) in [5, 5.41) is 0. The van der Waals surface area contributed by atoms with E-state index in [-0.39, 0.29) is 12.5 Å². The largest absolute Gasteiger partial charge is 0.481 e. The van der Waals surface area contributed by atoms with Crippen molar-refractivity contribution in [2.24, 2.45) is 0 Å². The maximum Gasteiger partial charge on any atom is 0.340 e. The minimum absolute atomic E-state index is 0.219. The molecule has 1 unspecified atom stereocenters. The Bertz CT molecular complexity index is 715. The zero-order chi connectivity index (χ0) is 18.2. The third kappa shape index (κ3) is 4.59. The molecule has 0 bridgehead atoms. The van der Waals surface area contributed by atoms with E-state index in [2.05, 4.69) is 0 Å². The van der Waals surface area contributed by atoms with Crippen LogP contribution in [0.3, 0.4) is 0 Å². The van der Waals surface area contributed by atoms with Gasteiger partial charge in [-0.2, -0.15) is 0 Å². The first-order chi connectivity index (χ1) is 12.1. The highest BCUT2D eigenvalue weighted by molar-refractivity contribution is 6.03. The molecule has 0 radical (unpaired) electrons. The number of benzene rings is 2. The summed E-state index contributed by atoms with van der Waals surface area (Å²) in [6, 6.07) is 16.1. The van der Waals surface area contributed by atoms with Crippen LogP contribution in [-0.2, 0) is 9.53 Å². The Kier molecular flexibility index (Phi) is 6.57. The first-order valence-electron chi connectivity index (χ1n) is 8.37. The number of esters is 1. The van der Waals surface area contributed by atoms with Crippen molar-refractivity contribution in [2.75, 3.05) is 18.1 Å². The van der Waals surface area contributed by atoms with Gasteiger partial charge in [-0.05, 0) is 45.0 Å². The Morgan fingerprint density at radius 3 is 2.28 bits per heavy atom. The van der Waals surface area contributed by atoms with E-state index in [0.29, 0.717) is 23.5 Å². The molecule has 2 aromatic rings. The van der Waals surface area contributed by atoms with E-state index in [1.54, 1.807) is 55.1 Å². The van der Waals surface area contributed by atoms with Crippen molar-refractivity contribution in [3.63, 3.8) is 0 Å². The van der Waals surface area contributed by atoms with E-state index in [4.69, 9.17) is 9.47 Å². The summed E-state index contributed by atoms with van der Waals surface area (Å²) in [5.74, 6) is -0.0397. The summed E-state index contributed by atoms with van der Waals surface area (Å²) in [4.78, 5) is 26.6. The lowest BCUT2D eigenvalue weighted by Gasteiger charge is -2.26. The number of carbonyl (C=O) groups is 2. The highest BCUT2D eigenvalue weighted by Crippen LogP contribution is 2.23. The lowest BCUT2D eigenvalue weighted by atomic mass is 10.1. The van der Waals surface area contributed by atoms with Crippen LogP contribution in [0.5, 0.6) is 5.75 Å². The van der Waals surface area contributed by atoms with Gasteiger partial charge in [0.15, 0.2) is 6.10 Å². The molecule has 0 spiro atoms. The molecule has 5 heteroatoms. The number of para-hydroxylation sites is 2. The van der Waals surface area contributed by atoms with Gasteiger partial charge in [0.05, 0.1) is 17.9 Å². The van der Waals surface area contributed by atoms with Crippen molar-refractivity contribution in [2.45, 2.75) is 26.9 Å². The minimum atomic E-state index is -0.683. The number of rotatable bonds is 7. The van der Waals surface area contributed by atoms with Gasteiger partial charge in [0, 0.05) is 6.54 Å². The zero-order valence-electron chi connectivity index (χ0n) is 14.8. The van der Waals surface area contributed by atoms with E-state index in [1.165, 1.54) is 0 Å². The fraction of sp³-hybridized carbons (Fsp3) is 0.300. The summed E-state index contributed by atoms with van der Waals surface area (Å²) >= 11 is 0. The van der Waals surface area contributed by atoms with Crippen molar-refractivity contribution in [1.82, 2.24) is 0 Å². The molecule has 0 aliphatic carbocycles. The number of hydrogen-bond donors (Lipinski definition) is 0. The van der Waals surface area contributed by atoms with Crippen LogP contribution in [-0.4, -0.2) is 31.1 Å². The van der Waals surface area contributed by atoms with Crippen molar-refractivity contribution in [3.8, 4) is 5.75 Å². The van der Waals surface area contributed by atoms with Crippen LogP contribution >= 0.6 is 0 Å². The number of ether oxygens (including phenoxy) is 2. The molecule has 0 N–H and O–H groups in total. The Labute approximate surface area is 148 Å². The van der Waals surface area contributed by atoms with Gasteiger partial charge in [0.2, 0.25) is 0 Å². The molecule has 0 aliphatic rings. The van der Waals surface area contributed by atoms with Crippen molar-refractivity contribution >= 4 is 17.6 Å². The van der Waals surface area contributed by atoms with Crippen LogP contribution in [0, 0.1) is 0 Å². The number of nitrogens with zero attached hydrogens (tertiary/aromatic N) is 1. The molecule has 0 aromatic heterocycles. The maximum atomic E-state index is 12.9. The number of anilines is 1. The topological polar surface area (TPSA) is 55.8 Å². The second-order valence-electron chi connectivity index (χ2n) is 5.39. The van der Waals surface area contributed by atoms with Gasteiger partial charge in [-0.1, -0.05) is 30.3 Å². The SMILES string of the molecule is CCOC(=O)c1ccccc1N(CC)C(=O)C(C)Oc1ccccc1. The molecular formula is C20H23NO4. The third-order valence-electron chi connectivity index (χ3n) is 3.68. The fourth-order valence-corrected chi connectivity index (χ4v) is 2.51. The summed E-state index contributed by atoms with van der Waals surface area (Å²) in [6.45, 7) is 6.00. The molecule has 1 atom stereocenters. The average molecular weight is 341 g/mol. The third-order valence-corrected chi connectivity index (χ3v) is 3.68. The summed E-state index contributed by atoms with van der Waals surface area (Å²) in [6.07, 6.45) is -0.683. The van der Waals surface area contributed by atoms with Crippen LogP contribution in [0.1, 0.15) is 31.1 Å². The zero-order valence-corrected chi connectivity index (χ0v) is 14.8. The van der Waals surface area contributed by atoms with Gasteiger partial charge in [-0.3, -0.25) is 4.79 Å². The van der Waals surface area contributed by atoms with Gasteiger partial charge in [-0.15, -0.1) is 0 Å². The molecule has 1 amide bonds. The monoisotopic (exact) mass is 341 g/mol. The van der Waals surface area contributed by atoms with Gasteiger partial charge >= 0.3 is 5.97 Å². The van der Waals surface area contributed by atoms with Crippen molar-refractivity contribution in [1.29, 1.82) is 0 Å². The normalized spacial score (nSPS) is 11.5. The molecule has 25 heavy (non-hydrogen) atoms. The molecule has 2 aromatic carbocycles. The molecular weight excluding hydrogens is 318 g/mol. The second kappa shape index (κ2) is 8.87. The summed E-state index contributed by atoms with van der Waals surface area (Å²) < 4.78 is 10.8. The maximum absolute atomic E-state index is 12.9. The predicted octanol–water partition coefficient (Wildman–Crippen LogP) is 3.68. The van der Waals surface area contributed by atoms with E-state index in [0.717, 1.165) is 0 Å². The standard InChI is InChI=1S/C20H23NO4/c1-4-21(18-14-10-9-13-17(18)20(23)24-5-2)19(22)15(3)25-16-11-7-6-8-12-16/h6-15H,4-5H2,1-3H3. The lowest BCUT2D eigenvalue weighted by molar-refractivity contribution is -0.124. The second-order valence-corrected chi connectivity index (χ2v) is 5.39. The van der Waals surface area contributed by atoms with E-state index in [1.807, 2.05) is 25.1 Å². The summed E-state index contributed by atoms with van der Waals surface area (Å²) in [5.41, 5.74) is 0.892. The summed E-state index contributed by atoms with van der Waals surface area (Å²) in [7, 11) is 0. The number of amides is 1. The molecule has 0 saturated heterocycles. The van der Waals surface area contributed by atoms with E-state index in [9.17, 15) is 9.59 Å². The Balaban J connectivity index is 2.24. The number of carbonyl (C=O) groups excluding carboxylic acids is 2. The lowest BCUT2D eigenvalue weighted by Crippen LogP contribution is -2.41. The fourth-order valence-electron chi connectivity index (χ4n) is 2.51. The van der Waals surface area contributed by atoms with Gasteiger partial charge in [-0.25, -0.2) is 4.79 Å². The van der Waals surface area contributed by atoms with Crippen LogP contribution < -0.4 is 9.64 Å². The van der Waals surface area contributed by atoms with Gasteiger partial charge < -0.3 is 14.4 Å². The smallest absolute Gasteiger partial charge is 0.340 e. The molecule has 0 heterocycles. The van der Waals surface area contributed by atoms with Gasteiger partial charge in [0.1, 0.15) is 5.75 Å². The minimum Gasteiger partial charge on any atom is -0.481 e. The van der Waals surface area contributed by atoms with Crippen LogP contribution in [0.2, 0.25) is 0 Å². The van der Waals surface area contributed by atoms with E-state index >= 15 is 0 Å². The number of hydrogen-bond acceptors (Lipinski definition) is 4. The Morgan fingerprint density at radius 1 is 1.00 bits per heavy atom. The molecule has 132 valence electrons. The Hall–Kier alpha value is -2.82. The van der Waals surface area contributed by atoms with E-state index < -0.39 is 12.1 Å². The van der Waals surface area contributed by atoms with Crippen LogP contribution in [0.4, 0.5) is 5.69 Å². The molecule has 0 aliphatic heterocycles.